The molecule has 1 aliphatic rings. The van der Waals surface area contributed by atoms with Crippen LogP contribution in [-0.2, 0) is 9.59 Å². The summed E-state index contributed by atoms with van der Waals surface area (Å²) in [5.74, 6) is -1.65. The normalized spacial score (nSPS) is 14.1. The maximum absolute atomic E-state index is 11.4. The summed E-state index contributed by atoms with van der Waals surface area (Å²) in [5.41, 5.74) is 1.37. The molecule has 0 heterocycles. The molecular formula is C13H21N3O4. The van der Waals surface area contributed by atoms with E-state index in [0.29, 0.717) is 6.54 Å². The Kier molecular flexibility index (Phi) is 7.16. The third kappa shape index (κ3) is 7.40. The number of nitrogens with one attached hydrogen (secondary N) is 3. The largest absolute Gasteiger partial charge is 0.480 e. The van der Waals surface area contributed by atoms with Gasteiger partial charge in [-0.1, -0.05) is 11.6 Å². The molecule has 4 N–H and O–H groups in total. The lowest BCUT2D eigenvalue weighted by Crippen LogP contribution is -2.43. The van der Waals surface area contributed by atoms with Gasteiger partial charge in [0, 0.05) is 6.54 Å². The van der Waals surface area contributed by atoms with Gasteiger partial charge in [-0.25, -0.2) is 4.79 Å². The highest BCUT2D eigenvalue weighted by atomic mass is 16.4. The maximum atomic E-state index is 11.4. The zero-order chi connectivity index (χ0) is 14.8. The quantitative estimate of drug-likeness (QED) is 0.506. The Labute approximate surface area is 117 Å². The van der Waals surface area contributed by atoms with E-state index >= 15 is 0 Å². The molecule has 0 aliphatic heterocycles. The molecule has 0 bridgehead atoms. The van der Waals surface area contributed by atoms with Crippen LogP contribution < -0.4 is 16.0 Å². The van der Waals surface area contributed by atoms with Crippen LogP contribution in [0.1, 0.15) is 32.1 Å². The molecule has 0 aromatic carbocycles. The smallest absolute Gasteiger partial charge is 0.322 e. The molecule has 7 nitrogen and oxygen atoms in total. The fraction of sp³-hybridized carbons (Fsp3) is 0.615. The Hall–Kier alpha value is -2.05. The van der Waals surface area contributed by atoms with Crippen LogP contribution in [0.4, 0.5) is 4.79 Å². The second kappa shape index (κ2) is 8.95. The zero-order valence-corrected chi connectivity index (χ0v) is 11.4. The Morgan fingerprint density at radius 3 is 2.55 bits per heavy atom. The van der Waals surface area contributed by atoms with Gasteiger partial charge in [-0.05, 0) is 32.1 Å². The number of urea groups is 1. The summed E-state index contributed by atoms with van der Waals surface area (Å²) in [6.07, 6.45) is 7.72. The molecule has 3 amide bonds. The Morgan fingerprint density at radius 1 is 1.10 bits per heavy atom. The summed E-state index contributed by atoms with van der Waals surface area (Å²) in [5, 5.41) is 15.5. The molecule has 1 aliphatic carbocycles. The highest BCUT2D eigenvalue weighted by Gasteiger charge is 2.07. The van der Waals surface area contributed by atoms with Gasteiger partial charge in [-0.2, -0.15) is 0 Å². The number of allylic oxidation sites excluding steroid dienone is 1. The van der Waals surface area contributed by atoms with Crippen LogP contribution in [-0.4, -0.2) is 42.6 Å². The predicted molar refractivity (Wildman–Crippen MR) is 73.2 cm³/mol. The number of carbonyl (C=O) groups excluding carboxylic acids is 2. The van der Waals surface area contributed by atoms with E-state index in [2.05, 4.69) is 22.0 Å². The molecule has 0 atom stereocenters. The lowest BCUT2D eigenvalue weighted by molar-refractivity contribution is -0.137. The number of carbonyl (C=O) groups is 3. The van der Waals surface area contributed by atoms with E-state index in [0.717, 1.165) is 19.3 Å². The fourth-order valence-corrected chi connectivity index (χ4v) is 1.93. The second-order valence-corrected chi connectivity index (χ2v) is 4.64. The van der Waals surface area contributed by atoms with Gasteiger partial charge in [0.15, 0.2) is 0 Å². The fourth-order valence-electron chi connectivity index (χ4n) is 1.93. The van der Waals surface area contributed by atoms with E-state index in [4.69, 9.17) is 5.11 Å². The molecule has 112 valence electrons. The lowest BCUT2D eigenvalue weighted by Gasteiger charge is -2.13. The van der Waals surface area contributed by atoms with Crippen molar-refractivity contribution in [2.75, 3.05) is 19.6 Å². The van der Waals surface area contributed by atoms with E-state index in [-0.39, 0.29) is 6.54 Å². The molecule has 0 radical (unpaired) electrons. The summed E-state index contributed by atoms with van der Waals surface area (Å²) in [4.78, 5) is 32.8. The van der Waals surface area contributed by atoms with Crippen molar-refractivity contribution in [3.63, 3.8) is 0 Å². The van der Waals surface area contributed by atoms with Gasteiger partial charge in [-0.3, -0.25) is 9.59 Å². The number of carboxylic acid groups (broad SMARTS) is 1. The molecule has 0 saturated carbocycles. The summed E-state index contributed by atoms with van der Waals surface area (Å²) < 4.78 is 0. The second-order valence-electron chi connectivity index (χ2n) is 4.64. The molecule has 0 fully saturated rings. The van der Waals surface area contributed by atoms with Crippen molar-refractivity contribution < 1.29 is 19.5 Å². The molecule has 20 heavy (non-hydrogen) atoms. The minimum Gasteiger partial charge on any atom is -0.480 e. The first kappa shape index (κ1) is 16.0. The maximum Gasteiger partial charge on any atom is 0.322 e. The van der Waals surface area contributed by atoms with Crippen molar-refractivity contribution in [1.29, 1.82) is 0 Å². The van der Waals surface area contributed by atoms with E-state index in [1.54, 1.807) is 0 Å². The Bertz CT molecular complexity index is 393. The first-order valence-electron chi connectivity index (χ1n) is 6.76. The molecule has 1 rings (SSSR count). The third-order valence-corrected chi connectivity index (χ3v) is 2.96. The van der Waals surface area contributed by atoms with Crippen LogP contribution in [0, 0.1) is 0 Å². The molecule has 0 saturated heterocycles. The van der Waals surface area contributed by atoms with Gasteiger partial charge in [0.25, 0.3) is 0 Å². The van der Waals surface area contributed by atoms with Gasteiger partial charge in [0.1, 0.15) is 6.54 Å². The standard InChI is InChI=1S/C13H21N3O4/c17-11(15-9-12(18)19)8-16-13(20)14-7-6-10-4-2-1-3-5-10/h4H,1-3,5-9H2,(H,15,17)(H,18,19)(H2,14,16,20). The summed E-state index contributed by atoms with van der Waals surface area (Å²) >= 11 is 0. The van der Waals surface area contributed by atoms with Gasteiger partial charge in [0.2, 0.25) is 5.91 Å². The average molecular weight is 283 g/mol. The number of hydrogen-bond acceptors (Lipinski definition) is 3. The zero-order valence-electron chi connectivity index (χ0n) is 11.4. The van der Waals surface area contributed by atoms with Crippen molar-refractivity contribution in [2.24, 2.45) is 0 Å². The average Bonchev–Trinajstić information content (AvgIpc) is 2.44. The molecule has 7 heteroatoms. The predicted octanol–water partition coefficient (Wildman–Crippen LogP) is 0.377. The van der Waals surface area contributed by atoms with Crippen LogP contribution in [0.3, 0.4) is 0 Å². The van der Waals surface area contributed by atoms with Crippen molar-refractivity contribution in [3.8, 4) is 0 Å². The first-order valence-corrected chi connectivity index (χ1v) is 6.76. The number of hydrogen-bond donors (Lipinski definition) is 4. The Balaban J connectivity index is 2.06. The summed E-state index contributed by atoms with van der Waals surface area (Å²) in [6.45, 7) is -0.146. The lowest BCUT2D eigenvalue weighted by atomic mass is 9.97. The van der Waals surface area contributed by atoms with Gasteiger partial charge in [0.05, 0.1) is 6.54 Å². The van der Waals surface area contributed by atoms with Crippen LogP contribution in [0.2, 0.25) is 0 Å². The Morgan fingerprint density at radius 2 is 1.90 bits per heavy atom. The summed E-state index contributed by atoms with van der Waals surface area (Å²) in [7, 11) is 0. The van der Waals surface area contributed by atoms with Crippen LogP contribution in [0.25, 0.3) is 0 Å². The van der Waals surface area contributed by atoms with Crippen molar-refractivity contribution in [1.82, 2.24) is 16.0 Å². The van der Waals surface area contributed by atoms with Crippen molar-refractivity contribution in [3.05, 3.63) is 11.6 Å². The minimum absolute atomic E-state index is 0.234. The highest BCUT2D eigenvalue weighted by molar-refractivity contribution is 5.86. The number of rotatable bonds is 7. The molecular weight excluding hydrogens is 262 g/mol. The minimum atomic E-state index is -1.12. The van der Waals surface area contributed by atoms with Gasteiger partial charge < -0.3 is 21.1 Å². The monoisotopic (exact) mass is 283 g/mol. The van der Waals surface area contributed by atoms with Gasteiger partial charge in [-0.15, -0.1) is 0 Å². The van der Waals surface area contributed by atoms with E-state index < -0.39 is 24.5 Å². The molecule has 0 spiro atoms. The SMILES string of the molecule is O=C(O)CNC(=O)CNC(=O)NCCC1=CCCCC1. The number of carboxylic acids is 1. The van der Waals surface area contributed by atoms with Crippen LogP contribution >= 0.6 is 0 Å². The van der Waals surface area contributed by atoms with Crippen molar-refractivity contribution >= 4 is 17.9 Å². The summed E-state index contributed by atoms with van der Waals surface area (Å²) in [6, 6.07) is -0.424. The third-order valence-electron chi connectivity index (χ3n) is 2.96. The van der Waals surface area contributed by atoms with Gasteiger partial charge >= 0.3 is 12.0 Å². The van der Waals surface area contributed by atoms with E-state index in [1.165, 1.54) is 18.4 Å². The van der Waals surface area contributed by atoms with E-state index in [9.17, 15) is 14.4 Å². The first-order chi connectivity index (χ1) is 9.58. The van der Waals surface area contributed by atoms with Crippen LogP contribution in [0.5, 0.6) is 0 Å². The molecule has 0 aromatic heterocycles. The van der Waals surface area contributed by atoms with Crippen molar-refractivity contribution in [2.45, 2.75) is 32.1 Å². The van der Waals surface area contributed by atoms with E-state index in [1.807, 2.05) is 0 Å². The molecule has 0 aromatic rings. The number of amides is 3. The highest BCUT2D eigenvalue weighted by Crippen LogP contribution is 2.19. The molecule has 0 unspecified atom stereocenters. The topological polar surface area (TPSA) is 108 Å². The van der Waals surface area contributed by atoms with Crippen LogP contribution in [0.15, 0.2) is 11.6 Å². The number of aliphatic carboxylic acids is 1.